The van der Waals surface area contributed by atoms with Gasteiger partial charge in [-0.1, -0.05) is 23.2 Å². The molecule has 4 N–H and O–H groups in total. The van der Waals surface area contributed by atoms with Gasteiger partial charge in [-0.2, -0.15) is 0 Å². The number of nitrogen functional groups attached to an aromatic ring is 1. The van der Waals surface area contributed by atoms with Gasteiger partial charge in [-0.05, 0) is 12.1 Å². The Morgan fingerprint density at radius 2 is 1.75 bits per heavy atom. The summed E-state index contributed by atoms with van der Waals surface area (Å²) >= 11 is 11.3. The molecule has 64 valence electrons. The quantitative estimate of drug-likeness (QED) is 0.684. The maximum atomic E-state index is 10.8. The molecular formula is C7H6Cl2N2O. The first-order valence-corrected chi connectivity index (χ1v) is 3.83. The maximum absolute atomic E-state index is 10.8. The molecule has 0 atom stereocenters. The summed E-state index contributed by atoms with van der Waals surface area (Å²) in [5, 5.41) is 0.484. The lowest BCUT2D eigenvalue weighted by Crippen LogP contribution is -2.14. The van der Waals surface area contributed by atoms with E-state index in [2.05, 4.69) is 0 Å². The molecule has 0 fully saturated rings. The van der Waals surface area contributed by atoms with Crippen molar-refractivity contribution in [2.45, 2.75) is 0 Å². The van der Waals surface area contributed by atoms with Crippen LogP contribution in [0.3, 0.4) is 0 Å². The van der Waals surface area contributed by atoms with Gasteiger partial charge in [0.15, 0.2) is 0 Å². The number of hydrogen-bond acceptors (Lipinski definition) is 2. The highest BCUT2D eigenvalue weighted by Gasteiger charge is 2.12. The van der Waals surface area contributed by atoms with Crippen LogP contribution in [0, 0.1) is 0 Å². The fourth-order valence-corrected chi connectivity index (χ4v) is 1.23. The van der Waals surface area contributed by atoms with E-state index in [0.717, 1.165) is 0 Å². The zero-order valence-corrected chi connectivity index (χ0v) is 7.49. The van der Waals surface area contributed by atoms with Gasteiger partial charge in [0.1, 0.15) is 0 Å². The van der Waals surface area contributed by atoms with E-state index in [1.807, 2.05) is 0 Å². The van der Waals surface area contributed by atoms with Crippen molar-refractivity contribution in [3.8, 4) is 0 Å². The van der Waals surface area contributed by atoms with E-state index in [4.69, 9.17) is 34.7 Å². The summed E-state index contributed by atoms with van der Waals surface area (Å²) in [5.41, 5.74) is 10.7. The van der Waals surface area contributed by atoms with Crippen LogP contribution in [0.15, 0.2) is 12.1 Å². The number of amides is 1. The fourth-order valence-electron chi connectivity index (χ4n) is 0.818. The lowest BCUT2D eigenvalue weighted by Gasteiger charge is -2.04. The molecule has 0 aliphatic rings. The molecule has 0 aliphatic heterocycles. The van der Waals surface area contributed by atoms with Gasteiger partial charge in [-0.3, -0.25) is 4.79 Å². The van der Waals surface area contributed by atoms with Crippen molar-refractivity contribution >= 4 is 34.8 Å². The molecule has 5 heteroatoms. The number of primary amides is 1. The first kappa shape index (κ1) is 9.16. The molecule has 0 aliphatic carbocycles. The van der Waals surface area contributed by atoms with Crippen LogP contribution in [0.25, 0.3) is 0 Å². The third-order valence-corrected chi connectivity index (χ3v) is 2.03. The van der Waals surface area contributed by atoms with Gasteiger partial charge in [0.25, 0.3) is 5.91 Å². The van der Waals surface area contributed by atoms with Crippen molar-refractivity contribution in [3.63, 3.8) is 0 Å². The number of carbonyl (C=O) groups excluding carboxylic acids is 1. The number of halogens is 2. The highest BCUT2D eigenvalue weighted by atomic mass is 35.5. The number of hydrogen-bond donors (Lipinski definition) is 2. The standard InChI is InChI=1S/C7H6Cl2N2O/c8-3-1-2-4(9)6(10)5(3)7(11)12/h1-2H,10H2,(H2,11,12). The van der Waals surface area contributed by atoms with E-state index in [1.165, 1.54) is 12.1 Å². The second-order valence-corrected chi connectivity index (χ2v) is 3.00. The first-order chi connectivity index (χ1) is 5.54. The zero-order chi connectivity index (χ0) is 9.30. The highest BCUT2D eigenvalue weighted by Crippen LogP contribution is 2.28. The van der Waals surface area contributed by atoms with Crippen molar-refractivity contribution in [3.05, 3.63) is 27.7 Å². The zero-order valence-electron chi connectivity index (χ0n) is 5.97. The average Bonchev–Trinajstić information content (AvgIpc) is 1.97. The number of nitrogens with two attached hydrogens (primary N) is 2. The molecule has 0 aromatic heterocycles. The van der Waals surface area contributed by atoms with E-state index in [-0.39, 0.29) is 21.3 Å². The minimum atomic E-state index is -0.681. The number of anilines is 1. The van der Waals surface area contributed by atoms with Gasteiger partial charge < -0.3 is 11.5 Å². The SMILES string of the molecule is NC(=O)c1c(Cl)ccc(Cl)c1N. The molecule has 0 saturated carbocycles. The van der Waals surface area contributed by atoms with Crippen LogP contribution in [0.5, 0.6) is 0 Å². The minimum Gasteiger partial charge on any atom is -0.397 e. The Kier molecular flexibility index (Phi) is 2.45. The average molecular weight is 205 g/mol. The van der Waals surface area contributed by atoms with Crippen molar-refractivity contribution < 1.29 is 4.79 Å². The van der Waals surface area contributed by atoms with Crippen molar-refractivity contribution in [2.24, 2.45) is 5.73 Å². The van der Waals surface area contributed by atoms with E-state index >= 15 is 0 Å². The Morgan fingerprint density at radius 3 is 2.17 bits per heavy atom. The van der Waals surface area contributed by atoms with Crippen LogP contribution < -0.4 is 11.5 Å². The molecule has 0 heterocycles. The van der Waals surface area contributed by atoms with Crippen molar-refractivity contribution in [2.75, 3.05) is 5.73 Å². The topological polar surface area (TPSA) is 69.1 Å². The number of carbonyl (C=O) groups is 1. The summed E-state index contributed by atoms with van der Waals surface area (Å²) in [5.74, 6) is -0.681. The Balaban J connectivity index is 3.43. The van der Waals surface area contributed by atoms with Gasteiger partial charge in [-0.15, -0.1) is 0 Å². The Morgan fingerprint density at radius 1 is 1.25 bits per heavy atom. The predicted octanol–water partition coefficient (Wildman–Crippen LogP) is 1.67. The first-order valence-electron chi connectivity index (χ1n) is 3.07. The third kappa shape index (κ3) is 1.47. The van der Waals surface area contributed by atoms with Crippen LogP contribution in [-0.2, 0) is 0 Å². The molecule has 1 amide bonds. The fraction of sp³-hybridized carbons (Fsp3) is 0. The summed E-state index contributed by atoms with van der Waals surface area (Å²) in [7, 11) is 0. The van der Waals surface area contributed by atoms with Crippen molar-refractivity contribution in [1.82, 2.24) is 0 Å². The van der Waals surface area contributed by atoms with Gasteiger partial charge in [0, 0.05) is 0 Å². The maximum Gasteiger partial charge on any atom is 0.252 e. The van der Waals surface area contributed by atoms with Gasteiger partial charge >= 0.3 is 0 Å². The Labute approximate surface area is 79.2 Å². The molecule has 0 saturated heterocycles. The molecule has 1 rings (SSSR count). The van der Waals surface area contributed by atoms with Gasteiger partial charge in [0.05, 0.1) is 21.3 Å². The predicted molar refractivity (Wildman–Crippen MR) is 49.4 cm³/mol. The second-order valence-electron chi connectivity index (χ2n) is 2.18. The summed E-state index contributed by atoms with van der Waals surface area (Å²) in [6, 6.07) is 2.98. The van der Waals surface area contributed by atoms with Crippen LogP contribution in [0.2, 0.25) is 10.0 Å². The molecule has 1 aromatic rings. The number of rotatable bonds is 1. The third-order valence-electron chi connectivity index (χ3n) is 1.39. The summed E-state index contributed by atoms with van der Waals surface area (Å²) in [6.45, 7) is 0. The molecule has 0 unspecified atom stereocenters. The highest BCUT2D eigenvalue weighted by molar-refractivity contribution is 6.38. The molecule has 0 spiro atoms. The molecule has 12 heavy (non-hydrogen) atoms. The van der Waals surface area contributed by atoms with Crippen LogP contribution >= 0.6 is 23.2 Å². The van der Waals surface area contributed by atoms with Crippen LogP contribution in [0.1, 0.15) is 10.4 Å². The van der Waals surface area contributed by atoms with Gasteiger partial charge in [0.2, 0.25) is 0 Å². The summed E-state index contributed by atoms with van der Waals surface area (Å²) in [6.07, 6.45) is 0. The normalized spacial score (nSPS) is 9.83. The van der Waals surface area contributed by atoms with E-state index in [1.54, 1.807) is 0 Å². The van der Waals surface area contributed by atoms with Gasteiger partial charge in [-0.25, -0.2) is 0 Å². The largest absolute Gasteiger partial charge is 0.397 e. The molecule has 3 nitrogen and oxygen atoms in total. The second kappa shape index (κ2) is 3.21. The van der Waals surface area contributed by atoms with Crippen LogP contribution in [0.4, 0.5) is 5.69 Å². The minimum absolute atomic E-state index is 0.0733. The monoisotopic (exact) mass is 204 g/mol. The summed E-state index contributed by atoms with van der Waals surface area (Å²) in [4.78, 5) is 10.8. The lowest BCUT2D eigenvalue weighted by atomic mass is 10.2. The van der Waals surface area contributed by atoms with E-state index in [0.29, 0.717) is 0 Å². The molecular weight excluding hydrogens is 199 g/mol. The van der Waals surface area contributed by atoms with Crippen molar-refractivity contribution in [1.29, 1.82) is 0 Å². The number of benzene rings is 1. The van der Waals surface area contributed by atoms with E-state index < -0.39 is 5.91 Å². The Hall–Kier alpha value is -0.930. The van der Waals surface area contributed by atoms with E-state index in [9.17, 15) is 4.79 Å². The van der Waals surface area contributed by atoms with Crippen LogP contribution in [-0.4, -0.2) is 5.91 Å². The molecule has 1 aromatic carbocycles. The molecule has 0 radical (unpaired) electrons. The lowest BCUT2D eigenvalue weighted by molar-refractivity contribution is 0.100. The Bertz CT molecular complexity index is 338. The molecule has 0 bridgehead atoms. The smallest absolute Gasteiger partial charge is 0.252 e. The summed E-state index contributed by atoms with van der Waals surface area (Å²) < 4.78 is 0.